The van der Waals surface area contributed by atoms with Crippen LogP contribution in [0.25, 0.3) is 10.9 Å². The van der Waals surface area contributed by atoms with Crippen molar-refractivity contribution < 1.29 is 4.79 Å². The molecule has 0 saturated heterocycles. The van der Waals surface area contributed by atoms with Crippen molar-refractivity contribution in [2.24, 2.45) is 0 Å². The summed E-state index contributed by atoms with van der Waals surface area (Å²) in [4.78, 5) is 17.0. The molecule has 31 heavy (non-hydrogen) atoms. The normalized spacial score (nSPS) is 17.6. The molecule has 1 aliphatic heterocycles. The van der Waals surface area contributed by atoms with Crippen LogP contribution in [0.3, 0.4) is 0 Å². The van der Waals surface area contributed by atoms with E-state index in [1.54, 1.807) is 0 Å². The van der Waals surface area contributed by atoms with Crippen LogP contribution in [-0.2, 0) is 17.6 Å². The van der Waals surface area contributed by atoms with Crippen LogP contribution in [0.4, 0.5) is 5.69 Å². The van der Waals surface area contributed by atoms with Gasteiger partial charge in [0.25, 0.3) is 0 Å². The average Bonchev–Trinajstić information content (AvgIpc) is 3.32. The molecule has 1 unspecified atom stereocenters. The lowest BCUT2D eigenvalue weighted by atomic mass is 9.92. The van der Waals surface area contributed by atoms with Gasteiger partial charge in [0.15, 0.2) is 0 Å². The van der Waals surface area contributed by atoms with Gasteiger partial charge in [-0.2, -0.15) is 0 Å². The fourth-order valence-corrected chi connectivity index (χ4v) is 6.64. The maximum atomic E-state index is 12.0. The number of fused-ring (bicyclic) bond motifs is 2. The van der Waals surface area contributed by atoms with Crippen LogP contribution in [0.5, 0.6) is 0 Å². The van der Waals surface area contributed by atoms with Crippen molar-refractivity contribution in [3.8, 4) is 0 Å². The summed E-state index contributed by atoms with van der Waals surface area (Å²) in [5, 5.41) is 10.8. The number of nitrogens with zero attached hydrogens (tertiary/aromatic N) is 1. The van der Waals surface area contributed by atoms with Crippen molar-refractivity contribution >= 4 is 44.1 Å². The zero-order chi connectivity index (χ0) is 21.3. The second kappa shape index (κ2) is 11.8. The van der Waals surface area contributed by atoms with Gasteiger partial charge in [0.1, 0.15) is 0 Å². The van der Waals surface area contributed by atoms with Gasteiger partial charge in [-0.25, -0.2) is 0 Å². The lowest BCUT2D eigenvalue weighted by molar-refractivity contribution is -0.121. The van der Waals surface area contributed by atoms with Crippen molar-refractivity contribution in [3.63, 3.8) is 0 Å². The number of benzene rings is 1. The summed E-state index contributed by atoms with van der Waals surface area (Å²) in [6.07, 6.45) is 13.0. The summed E-state index contributed by atoms with van der Waals surface area (Å²) < 4.78 is 0. The third-order valence-corrected chi connectivity index (χ3v) is 8.49. The standard InChI is InChI=1S/C25H33N3OS2/c29-24(14-6-1-9-19-15-18-30-31-19)26-16-7-8-17-27-25-20-10-2-4-12-22(20)28-23-13-5-3-11-21(23)25/h2,4,10,12,15,18-19H,1,3,5-9,11,13-14,16-17H2,(H,26,29)(H,27,28). The van der Waals surface area contributed by atoms with Crippen LogP contribution in [0.15, 0.2) is 35.7 Å². The van der Waals surface area contributed by atoms with Gasteiger partial charge in [0, 0.05) is 41.5 Å². The van der Waals surface area contributed by atoms with Crippen molar-refractivity contribution in [2.45, 2.75) is 69.5 Å². The number of nitrogens with one attached hydrogen (secondary N) is 2. The number of pyridine rings is 1. The first-order valence-corrected chi connectivity index (χ1v) is 14.0. The van der Waals surface area contributed by atoms with Gasteiger partial charge in [0.05, 0.1) is 5.52 Å². The molecule has 1 aliphatic carbocycles. The van der Waals surface area contributed by atoms with Gasteiger partial charge >= 0.3 is 0 Å². The summed E-state index contributed by atoms with van der Waals surface area (Å²) in [7, 11) is 3.74. The van der Waals surface area contributed by atoms with Crippen LogP contribution in [0.2, 0.25) is 0 Å². The number of carbonyl (C=O) groups is 1. The van der Waals surface area contributed by atoms with Crippen molar-refractivity contribution in [2.75, 3.05) is 18.4 Å². The number of unbranched alkanes of at least 4 members (excludes halogenated alkanes) is 2. The molecule has 1 aromatic carbocycles. The van der Waals surface area contributed by atoms with E-state index in [1.807, 2.05) is 21.6 Å². The highest BCUT2D eigenvalue weighted by Gasteiger charge is 2.17. The highest BCUT2D eigenvalue weighted by molar-refractivity contribution is 8.78. The Morgan fingerprint density at radius 1 is 1.06 bits per heavy atom. The maximum absolute atomic E-state index is 12.0. The Bertz CT molecular complexity index is 915. The van der Waals surface area contributed by atoms with E-state index in [0.717, 1.165) is 57.1 Å². The van der Waals surface area contributed by atoms with E-state index in [9.17, 15) is 4.79 Å². The van der Waals surface area contributed by atoms with Crippen LogP contribution >= 0.6 is 21.6 Å². The summed E-state index contributed by atoms with van der Waals surface area (Å²) in [6, 6.07) is 8.47. The molecule has 0 saturated carbocycles. The van der Waals surface area contributed by atoms with Gasteiger partial charge in [-0.3, -0.25) is 9.78 Å². The quantitative estimate of drug-likeness (QED) is 0.309. The van der Waals surface area contributed by atoms with Crippen LogP contribution in [0.1, 0.15) is 62.6 Å². The number of anilines is 1. The fraction of sp³-hybridized carbons (Fsp3) is 0.520. The Morgan fingerprint density at radius 3 is 2.84 bits per heavy atom. The van der Waals surface area contributed by atoms with E-state index in [1.165, 1.54) is 41.6 Å². The minimum absolute atomic E-state index is 0.200. The Labute approximate surface area is 193 Å². The summed E-state index contributed by atoms with van der Waals surface area (Å²) >= 11 is 0. The van der Waals surface area contributed by atoms with Crippen molar-refractivity contribution in [1.29, 1.82) is 0 Å². The first kappa shape index (κ1) is 22.5. The molecule has 4 rings (SSSR count). The van der Waals surface area contributed by atoms with E-state index in [2.05, 4.69) is 46.4 Å². The molecule has 2 heterocycles. The van der Waals surface area contributed by atoms with Crippen LogP contribution in [-0.4, -0.2) is 29.2 Å². The summed E-state index contributed by atoms with van der Waals surface area (Å²) in [6.45, 7) is 1.70. The van der Waals surface area contributed by atoms with E-state index >= 15 is 0 Å². The molecule has 1 amide bonds. The molecule has 2 aromatic rings. The van der Waals surface area contributed by atoms with Crippen LogP contribution < -0.4 is 10.6 Å². The number of carbonyl (C=O) groups excluding carboxylic acids is 1. The molecular weight excluding hydrogens is 422 g/mol. The number of rotatable bonds is 11. The highest BCUT2D eigenvalue weighted by Crippen LogP contribution is 2.37. The minimum atomic E-state index is 0.200. The SMILES string of the molecule is O=C(CCCCC1C=CSS1)NCCCCNc1c2c(nc3ccccc13)CCCC2. The minimum Gasteiger partial charge on any atom is -0.384 e. The number of hydrogen-bond donors (Lipinski definition) is 2. The first-order chi connectivity index (χ1) is 15.3. The summed E-state index contributed by atoms with van der Waals surface area (Å²) in [5.41, 5.74) is 5.08. The molecule has 166 valence electrons. The third kappa shape index (κ3) is 6.42. The fourth-order valence-electron chi connectivity index (χ4n) is 4.38. The number of hydrogen-bond acceptors (Lipinski definition) is 5. The molecule has 2 N–H and O–H groups in total. The monoisotopic (exact) mass is 455 g/mol. The Morgan fingerprint density at radius 2 is 1.94 bits per heavy atom. The molecule has 0 radical (unpaired) electrons. The molecule has 0 spiro atoms. The van der Waals surface area contributed by atoms with E-state index < -0.39 is 0 Å². The predicted octanol–water partition coefficient (Wildman–Crippen LogP) is 6.26. The third-order valence-electron chi connectivity index (χ3n) is 6.07. The number of para-hydroxylation sites is 1. The van der Waals surface area contributed by atoms with Gasteiger partial charge in [0.2, 0.25) is 5.91 Å². The molecule has 4 nitrogen and oxygen atoms in total. The zero-order valence-electron chi connectivity index (χ0n) is 18.2. The topological polar surface area (TPSA) is 54.0 Å². The van der Waals surface area contributed by atoms with E-state index in [0.29, 0.717) is 11.7 Å². The van der Waals surface area contributed by atoms with Gasteiger partial charge in [-0.05, 0) is 68.4 Å². The highest BCUT2D eigenvalue weighted by atomic mass is 33.1. The Balaban J connectivity index is 1.15. The predicted molar refractivity (Wildman–Crippen MR) is 136 cm³/mol. The summed E-state index contributed by atoms with van der Waals surface area (Å²) in [5.74, 6) is 0.200. The van der Waals surface area contributed by atoms with Crippen molar-refractivity contribution in [3.05, 3.63) is 47.0 Å². The number of aryl methyl sites for hydroxylation is 1. The zero-order valence-corrected chi connectivity index (χ0v) is 19.8. The first-order valence-electron chi connectivity index (χ1n) is 11.7. The second-order valence-electron chi connectivity index (χ2n) is 8.43. The lowest BCUT2D eigenvalue weighted by Crippen LogP contribution is -2.24. The van der Waals surface area contributed by atoms with Crippen LogP contribution in [0, 0.1) is 0 Å². The molecular formula is C25H33N3OS2. The molecule has 0 bridgehead atoms. The largest absolute Gasteiger partial charge is 0.384 e. The van der Waals surface area contributed by atoms with Gasteiger partial charge < -0.3 is 10.6 Å². The Hall–Kier alpha value is -1.66. The molecule has 0 fully saturated rings. The smallest absolute Gasteiger partial charge is 0.219 e. The second-order valence-corrected chi connectivity index (χ2v) is 10.8. The van der Waals surface area contributed by atoms with E-state index in [-0.39, 0.29) is 5.91 Å². The van der Waals surface area contributed by atoms with Gasteiger partial charge in [-0.1, -0.05) is 52.3 Å². The van der Waals surface area contributed by atoms with Crippen molar-refractivity contribution in [1.82, 2.24) is 10.3 Å². The van der Waals surface area contributed by atoms with E-state index in [4.69, 9.17) is 4.98 Å². The number of amides is 1. The molecule has 1 atom stereocenters. The molecule has 6 heteroatoms. The average molecular weight is 456 g/mol. The van der Waals surface area contributed by atoms with Gasteiger partial charge in [-0.15, -0.1) is 0 Å². The molecule has 2 aliphatic rings. The molecule has 1 aromatic heterocycles. The maximum Gasteiger partial charge on any atom is 0.219 e. The Kier molecular flexibility index (Phi) is 8.59. The number of aromatic nitrogens is 1. The lowest BCUT2D eigenvalue weighted by Gasteiger charge is -2.21.